The van der Waals surface area contributed by atoms with Crippen molar-refractivity contribution in [3.8, 4) is 12.0 Å². The van der Waals surface area contributed by atoms with Gasteiger partial charge in [-0.25, -0.2) is 9.78 Å². The molecular weight excluding hydrogens is 354 g/mol. The normalized spacial score (nSPS) is 13.6. The van der Waals surface area contributed by atoms with E-state index in [2.05, 4.69) is 21.8 Å². The number of hydrogen-bond acceptors (Lipinski definition) is 4. The summed E-state index contributed by atoms with van der Waals surface area (Å²) in [5, 5.41) is 0. The van der Waals surface area contributed by atoms with Gasteiger partial charge in [0.25, 0.3) is 5.56 Å². The number of imidazole rings is 1. The Kier molecular flexibility index (Phi) is 4.96. The van der Waals surface area contributed by atoms with Crippen LogP contribution >= 0.6 is 0 Å². The van der Waals surface area contributed by atoms with Gasteiger partial charge in [0, 0.05) is 50.7 Å². The van der Waals surface area contributed by atoms with E-state index in [1.54, 1.807) is 34.9 Å². The van der Waals surface area contributed by atoms with E-state index in [1.807, 2.05) is 30.3 Å². The lowest BCUT2D eigenvalue weighted by atomic mass is 10.1. The number of hydrogen-bond donors (Lipinski definition) is 0. The Labute approximate surface area is 162 Å². The molecule has 1 aliphatic rings. The topological polar surface area (TPSA) is 65.1 Å². The average Bonchev–Trinajstić information content (AvgIpc) is 3.24. The van der Waals surface area contributed by atoms with E-state index < -0.39 is 0 Å². The summed E-state index contributed by atoms with van der Waals surface area (Å²) >= 11 is 0. The van der Waals surface area contributed by atoms with Gasteiger partial charge in [0.2, 0.25) is 0 Å². The lowest BCUT2D eigenvalue weighted by Crippen LogP contribution is -2.47. The molecule has 1 aliphatic heterocycles. The first kappa shape index (κ1) is 18.0. The third-order valence-corrected chi connectivity index (χ3v) is 5.02. The summed E-state index contributed by atoms with van der Waals surface area (Å²) in [5.74, 6) is 3.11. The van der Waals surface area contributed by atoms with Crippen molar-refractivity contribution >= 4 is 0 Å². The molecule has 0 atom stereocenters. The van der Waals surface area contributed by atoms with Gasteiger partial charge in [-0.05, 0) is 5.56 Å². The Balaban J connectivity index is 1.61. The van der Waals surface area contributed by atoms with E-state index in [-0.39, 0.29) is 17.8 Å². The lowest BCUT2D eigenvalue weighted by molar-refractivity contribution is 0.275. The molecule has 3 aromatic rings. The first-order chi connectivity index (χ1) is 13.6. The second-order valence-electron chi connectivity index (χ2n) is 6.86. The Morgan fingerprint density at radius 2 is 2.00 bits per heavy atom. The number of benzene rings is 1. The summed E-state index contributed by atoms with van der Waals surface area (Å²) < 4.78 is 4.65. The van der Waals surface area contributed by atoms with Gasteiger partial charge in [-0.3, -0.25) is 18.8 Å². The van der Waals surface area contributed by atoms with Gasteiger partial charge in [-0.1, -0.05) is 36.3 Å². The van der Waals surface area contributed by atoms with Crippen molar-refractivity contribution in [1.82, 2.24) is 23.6 Å². The highest BCUT2D eigenvalue weighted by Gasteiger charge is 2.23. The Hall–Kier alpha value is -3.37. The van der Waals surface area contributed by atoms with Crippen LogP contribution in [0.25, 0.3) is 0 Å². The van der Waals surface area contributed by atoms with Gasteiger partial charge in [-0.2, -0.15) is 0 Å². The van der Waals surface area contributed by atoms with E-state index in [9.17, 15) is 9.59 Å². The molecule has 0 saturated carbocycles. The third kappa shape index (κ3) is 3.55. The molecule has 1 aromatic carbocycles. The molecule has 0 radical (unpaired) electrons. The van der Waals surface area contributed by atoms with Crippen molar-refractivity contribution in [2.45, 2.75) is 19.5 Å². The van der Waals surface area contributed by atoms with E-state index in [0.717, 1.165) is 17.8 Å². The zero-order valence-corrected chi connectivity index (χ0v) is 15.7. The van der Waals surface area contributed by atoms with Crippen LogP contribution in [0, 0.1) is 12.0 Å². The fraction of sp³-hybridized carbons (Fsp3) is 0.286. The molecule has 3 heterocycles. The van der Waals surface area contributed by atoms with Crippen molar-refractivity contribution in [2.24, 2.45) is 7.05 Å². The first-order valence-electron chi connectivity index (χ1n) is 9.18. The zero-order chi connectivity index (χ0) is 19.5. The molecule has 2 aromatic heterocycles. The highest BCUT2D eigenvalue weighted by atomic mass is 16.2. The molecule has 142 valence electrons. The van der Waals surface area contributed by atoms with Crippen LogP contribution in [-0.4, -0.2) is 36.7 Å². The molecule has 28 heavy (non-hydrogen) atoms. The summed E-state index contributed by atoms with van der Waals surface area (Å²) in [5.41, 5.74) is 1.99. The maximum Gasteiger partial charge on any atom is 0.331 e. The molecule has 0 saturated heterocycles. The molecule has 0 fully saturated rings. The second-order valence-corrected chi connectivity index (χ2v) is 6.86. The van der Waals surface area contributed by atoms with Gasteiger partial charge in [-0.15, -0.1) is 0 Å². The van der Waals surface area contributed by atoms with Gasteiger partial charge in [0.1, 0.15) is 6.33 Å². The number of fused-ring (bicyclic) bond motifs is 1. The predicted octanol–water partition coefficient (Wildman–Crippen LogP) is 0.659. The van der Waals surface area contributed by atoms with Crippen LogP contribution < -0.4 is 11.2 Å². The fourth-order valence-corrected chi connectivity index (χ4v) is 3.52. The summed E-state index contributed by atoms with van der Waals surface area (Å²) in [6.45, 7) is 2.09. The van der Waals surface area contributed by atoms with Crippen LogP contribution in [-0.2, 0) is 26.6 Å². The van der Waals surface area contributed by atoms with E-state index in [4.69, 9.17) is 0 Å². The van der Waals surface area contributed by atoms with Gasteiger partial charge in [0.15, 0.2) is 0 Å². The molecule has 0 amide bonds. The van der Waals surface area contributed by atoms with Gasteiger partial charge < -0.3 is 4.57 Å². The van der Waals surface area contributed by atoms with E-state index >= 15 is 0 Å². The molecule has 0 spiro atoms. The monoisotopic (exact) mass is 375 g/mol. The van der Waals surface area contributed by atoms with Crippen molar-refractivity contribution in [2.75, 3.05) is 13.1 Å². The van der Waals surface area contributed by atoms with Crippen LogP contribution in [0.4, 0.5) is 0 Å². The minimum absolute atomic E-state index is 0.200. The Bertz CT molecular complexity index is 1150. The van der Waals surface area contributed by atoms with Crippen LogP contribution in [0.2, 0.25) is 0 Å². The summed E-state index contributed by atoms with van der Waals surface area (Å²) in [6, 6.07) is 12.6. The summed E-state index contributed by atoms with van der Waals surface area (Å²) in [4.78, 5) is 31.9. The molecule has 0 N–H and O–H groups in total. The number of rotatable bonds is 3. The van der Waals surface area contributed by atoms with Crippen LogP contribution in [0.5, 0.6) is 0 Å². The van der Waals surface area contributed by atoms with Crippen molar-refractivity contribution in [3.05, 3.63) is 86.7 Å². The van der Waals surface area contributed by atoms with Crippen LogP contribution in [0.15, 0.2) is 58.6 Å². The molecular formula is C21H21N5O2. The Morgan fingerprint density at radius 3 is 2.75 bits per heavy atom. The quantitative estimate of drug-likeness (QED) is 0.631. The SMILES string of the molecule is Cn1c2c(c(=O)n(Cc3ccccc3)c1=O)CN(CC#Cn1ccnc1)CC2. The molecule has 0 bridgehead atoms. The van der Waals surface area contributed by atoms with Crippen molar-refractivity contribution < 1.29 is 0 Å². The maximum absolute atomic E-state index is 13.1. The highest BCUT2D eigenvalue weighted by Crippen LogP contribution is 2.13. The Morgan fingerprint density at radius 1 is 1.18 bits per heavy atom. The minimum Gasteiger partial charge on any atom is -0.300 e. The minimum atomic E-state index is -0.263. The van der Waals surface area contributed by atoms with Gasteiger partial charge in [0.05, 0.1) is 18.7 Å². The number of nitrogens with zero attached hydrogens (tertiary/aromatic N) is 5. The predicted molar refractivity (Wildman–Crippen MR) is 106 cm³/mol. The largest absolute Gasteiger partial charge is 0.331 e. The molecule has 0 aliphatic carbocycles. The zero-order valence-electron chi connectivity index (χ0n) is 15.7. The van der Waals surface area contributed by atoms with E-state index in [0.29, 0.717) is 25.1 Å². The summed E-state index contributed by atoms with van der Waals surface area (Å²) in [6.07, 6.45) is 5.78. The maximum atomic E-state index is 13.1. The lowest BCUT2D eigenvalue weighted by Gasteiger charge is -2.28. The molecule has 7 nitrogen and oxygen atoms in total. The number of aromatic nitrogens is 4. The first-order valence-corrected chi connectivity index (χ1v) is 9.18. The molecule has 7 heteroatoms. The highest BCUT2D eigenvalue weighted by molar-refractivity contribution is 5.23. The van der Waals surface area contributed by atoms with Crippen molar-refractivity contribution in [3.63, 3.8) is 0 Å². The molecule has 4 rings (SSSR count). The fourth-order valence-electron chi connectivity index (χ4n) is 3.52. The van der Waals surface area contributed by atoms with Crippen LogP contribution in [0.3, 0.4) is 0 Å². The van der Waals surface area contributed by atoms with Gasteiger partial charge >= 0.3 is 5.69 Å². The second kappa shape index (κ2) is 7.71. The third-order valence-electron chi connectivity index (χ3n) is 5.02. The standard InChI is InChI=1S/C21H21N5O2/c1-23-19-8-12-24(10-5-11-25-13-9-22-16-25)15-18(19)20(27)26(21(23)28)14-17-6-3-2-4-7-17/h2-4,6-7,9,13,16H,8,10,12,14-15H2,1H3. The average molecular weight is 375 g/mol. The smallest absolute Gasteiger partial charge is 0.300 e. The summed E-state index contributed by atoms with van der Waals surface area (Å²) in [7, 11) is 1.75. The van der Waals surface area contributed by atoms with Crippen LogP contribution in [0.1, 0.15) is 16.8 Å². The molecule has 0 unspecified atom stereocenters. The van der Waals surface area contributed by atoms with Crippen molar-refractivity contribution in [1.29, 1.82) is 0 Å². The van der Waals surface area contributed by atoms with E-state index in [1.165, 1.54) is 4.57 Å².